The summed E-state index contributed by atoms with van der Waals surface area (Å²) in [6, 6.07) is 26.3. The number of benzene rings is 3. The van der Waals surface area contributed by atoms with Crippen molar-refractivity contribution in [2.45, 2.75) is 37.5 Å². The number of nitrogens with one attached hydrogen (secondary N) is 3. The van der Waals surface area contributed by atoms with Crippen molar-refractivity contribution in [1.29, 1.82) is 0 Å². The summed E-state index contributed by atoms with van der Waals surface area (Å²) < 4.78 is 0. The molecule has 0 aliphatic heterocycles. The van der Waals surface area contributed by atoms with Gasteiger partial charge in [-0.2, -0.15) is 0 Å². The van der Waals surface area contributed by atoms with Crippen LogP contribution < -0.4 is 0 Å². The van der Waals surface area contributed by atoms with E-state index in [1.807, 2.05) is 0 Å². The lowest BCUT2D eigenvalue weighted by Crippen LogP contribution is -2.25. The molecule has 168 valence electrons. The molecule has 1 fully saturated rings. The Morgan fingerprint density at radius 2 is 1.06 bits per heavy atom. The zero-order chi connectivity index (χ0) is 22.5. The largest absolute Gasteiger partial charge is 0.361 e. The molecule has 3 N–H and O–H groups in total. The number of hydrogen-bond donors (Lipinski definition) is 3. The molecular formula is C31H29N3. The van der Waals surface area contributed by atoms with E-state index in [1.54, 1.807) is 0 Å². The lowest BCUT2D eigenvalue weighted by molar-refractivity contribution is 0.283. The molecule has 1 saturated carbocycles. The molecule has 7 rings (SSSR count). The van der Waals surface area contributed by atoms with Gasteiger partial charge in [0.25, 0.3) is 0 Å². The highest BCUT2D eigenvalue weighted by molar-refractivity contribution is 5.88. The number of rotatable bonds is 4. The smallest absolute Gasteiger partial charge is 0.0457 e. The number of H-pyrrole nitrogens is 3. The molecule has 34 heavy (non-hydrogen) atoms. The fourth-order valence-electron chi connectivity index (χ4n) is 6.68. The molecule has 0 amide bonds. The highest BCUT2D eigenvalue weighted by Gasteiger charge is 2.37. The van der Waals surface area contributed by atoms with Gasteiger partial charge in [0.2, 0.25) is 0 Å². The highest BCUT2D eigenvalue weighted by Crippen LogP contribution is 2.51. The minimum Gasteiger partial charge on any atom is -0.361 e. The summed E-state index contributed by atoms with van der Waals surface area (Å²) in [5.74, 6) is 1.38. The fourth-order valence-corrected chi connectivity index (χ4v) is 6.68. The summed E-state index contributed by atoms with van der Waals surface area (Å²) in [5, 5.41) is 4.08. The van der Waals surface area contributed by atoms with Crippen molar-refractivity contribution in [2.24, 2.45) is 5.92 Å². The minimum absolute atomic E-state index is 0.325. The second-order valence-corrected chi connectivity index (χ2v) is 9.90. The SMILES string of the molecule is c1ccc2c(C3CCCCC3C(c3c[nH]c4ccccc34)c3c[nH]c4ccccc34)c[nH]c2c1. The third kappa shape index (κ3) is 3.03. The predicted octanol–water partition coefficient (Wildman–Crippen LogP) is 8.24. The quantitative estimate of drug-likeness (QED) is 0.246. The first-order chi connectivity index (χ1) is 16.9. The van der Waals surface area contributed by atoms with Gasteiger partial charge in [-0.05, 0) is 59.6 Å². The van der Waals surface area contributed by atoms with Crippen LogP contribution in [0.4, 0.5) is 0 Å². The second-order valence-electron chi connectivity index (χ2n) is 9.90. The summed E-state index contributed by atoms with van der Waals surface area (Å²) >= 11 is 0. The van der Waals surface area contributed by atoms with E-state index in [-0.39, 0.29) is 0 Å². The number of aromatic nitrogens is 3. The van der Waals surface area contributed by atoms with Crippen LogP contribution in [0.3, 0.4) is 0 Å². The van der Waals surface area contributed by atoms with E-state index in [2.05, 4.69) is 106 Å². The maximum absolute atomic E-state index is 3.58. The summed E-state index contributed by atoms with van der Waals surface area (Å²) in [7, 11) is 0. The monoisotopic (exact) mass is 443 g/mol. The van der Waals surface area contributed by atoms with Crippen LogP contribution in [0, 0.1) is 5.92 Å². The molecule has 0 spiro atoms. The Morgan fingerprint density at radius 3 is 1.71 bits per heavy atom. The van der Waals surface area contributed by atoms with E-state index in [1.165, 1.54) is 75.1 Å². The number of aromatic amines is 3. The molecule has 3 heteroatoms. The molecule has 1 aliphatic carbocycles. The van der Waals surface area contributed by atoms with Crippen molar-refractivity contribution in [3.8, 4) is 0 Å². The number of para-hydroxylation sites is 3. The van der Waals surface area contributed by atoms with Crippen LogP contribution in [-0.4, -0.2) is 15.0 Å². The topological polar surface area (TPSA) is 47.4 Å². The number of fused-ring (bicyclic) bond motifs is 3. The van der Waals surface area contributed by atoms with Crippen LogP contribution in [0.2, 0.25) is 0 Å². The van der Waals surface area contributed by atoms with Crippen LogP contribution in [0.15, 0.2) is 91.4 Å². The lowest BCUT2D eigenvalue weighted by atomic mass is 9.66. The van der Waals surface area contributed by atoms with E-state index in [0.717, 1.165) is 0 Å². The maximum Gasteiger partial charge on any atom is 0.0457 e. The molecule has 2 unspecified atom stereocenters. The molecule has 6 aromatic rings. The van der Waals surface area contributed by atoms with Crippen LogP contribution >= 0.6 is 0 Å². The molecule has 3 aromatic heterocycles. The van der Waals surface area contributed by atoms with Crippen molar-refractivity contribution in [3.05, 3.63) is 108 Å². The van der Waals surface area contributed by atoms with E-state index in [0.29, 0.717) is 17.8 Å². The Bertz CT molecular complexity index is 1520. The zero-order valence-electron chi connectivity index (χ0n) is 19.2. The Kier molecular flexibility index (Phi) is 4.61. The first-order valence-electron chi connectivity index (χ1n) is 12.6. The Morgan fingerprint density at radius 1 is 0.559 bits per heavy atom. The van der Waals surface area contributed by atoms with Gasteiger partial charge >= 0.3 is 0 Å². The van der Waals surface area contributed by atoms with E-state index in [4.69, 9.17) is 0 Å². The Labute approximate surface area is 199 Å². The average Bonchev–Trinajstić information content (AvgIpc) is 3.62. The molecule has 3 heterocycles. The van der Waals surface area contributed by atoms with Crippen LogP contribution in [-0.2, 0) is 0 Å². The van der Waals surface area contributed by atoms with Crippen LogP contribution in [0.1, 0.15) is 54.2 Å². The summed E-state index contributed by atoms with van der Waals surface area (Å²) in [5.41, 5.74) is 8.04. The molecule has 3 aromatic carbocycles. The predicted molar refractivity (Wildman–Crippen MR) is 141 cm³/mol. The van der Waals surface area contributed by atoms with Gasteiger partial charge in [0.1, 0.15) is 0 Å². The van der Waals surface area contributed by atoms with Gasteiger partial charge in [0.05, 0.1) is 0 Å². The zero-order valence-corrected chi connectivity index (χ0v) is 19.2. The van der Waals surface area contributed by atoms with Gasteiger partial charge in [-0.25, -0.2) is 0 Å². The fraction of sp³-hybridized carbons (Fsp3) is 0.226. The summed E-state index contributed by atoms with van der Waals surface area (Å²) in [6.45, 7) is 0. The summed E-state index contributed by atoms with van der Waals surface area (Å²) in [4.78, 5) is 10.7. The Hall–Kier alpha value is -3.72. The van der Waals surface area contributed by atoms with Gasteiger partial charge in [-0.3, -0.25) is 0 Å². The molecule has 0 saturated heterocycles. The summed E-state index contributed by atoms with van der Waals surface area (Å²) in [6.07, 6.45) is 11.9. The van der Waals surface area contributed by atoms with Gasteiger partial charge in [0, 0.05) is 57.2 Å². The molecule has 2 atom stereocenters. The van der Waals surface area contributed by atoms with E-state index < -0.39 is 0 Å². The highest BCUT2D eigenvalue weighted by atomic mass is 14.7. The minimum atomic E-state index is 0.325. The molecular weight excluding hydrogens is 414 g/mol. The van der Waals surface area contributed by atoms with Crippen molar-refractivity contribution in [3.63, 3.8) is 0 Å². The van der Waals surface area contributed by atoms with Crippen molar-refractivity contribution >= 4 is 32.7 Å². The first kappa shape index (κ1) is 19.7. The van der Waals surface area contributed by atoms with Gasteiger partial charge in [-0.15, -0.1) is 0 Å². The van der Waals surface area contributed by atoms with Crippen molar-refractivity contribution < 1.29 is 0 Å². The molecule has 3 nitrogen and oxygen atoms in total. The van der Waals surface area contributed by atoms with Crippen molar-refractivity contribution in [1.82, 2.24) is 15.0 Å². The van der Waals surface area contributed by atoms with Crippen LogP contribution in [0.25, 0.3) is 32.7 Å². The normalized spacial score (nSPS) is 19.0. The van der Waals surface area contributed by atoms with Crippen molar-refractivity contribution in [2.75, 3.05) is 0 Å². The molecule has 0 radical (unpaired) electrons. The van der Waals surface area contributed by atoms with Gasteiger partial charge in [0.15, 0.2) is 0 Å². The lowest BCUT2D eigenvalue weighted by Gasteiger charge is -2.37. The average molecular weight is 444 g/mol. The van der Waals surface area contributed by atoms with Gasteiger partial charge < -0.3 is 15.0 Å². The second kappa shape index (κ2) is 7.95. The third-order valence-corrected chi connectivity index (χ3v) is 8.18. The van der Waals surface area contributed by atoms with E-state index >= 15 is 0 Å². The standard InChI is InChI=1S/C31H29N3/c1-2-13-24(20(9-1)25-17-32-28-14-6-3-10-21(25)28)31(26-18-33-29-15-7-4-11-22(26)29)27-19-34-30-16-8-5-12-23(27)30/h3-8,10-12,14-20,24,31-34H,1-2,9,13H2. The van der Waals surface area contributed by atoms with Crippen LogP contribution in [0.5, 0.6) is 0 Å². The Balaban J connectivity index is 1.45. The van der Waals surface area contributed by atoms with E-state index in [9.17, 15) is 0 Å². The third-order valence-electron chi connectivity index (χ3n) is 8.18. The molecule has 1 aliphatic rings. The maximum atomic E-state index is 3.58. The molecule has 0 bridgehead atoms. The van der Waals surface area contributed by atoms with Gasteiger partial charge in [-0.1, -0.05) is 67.4 Å². The number of hydrogen-bond acceptors (Lipinski definition) is 0. The first-order valence-corrected chi connectivity index (χ1v) is 12.6.